The van der Waals surface area contributed by atoms with Crippen molar-refractivity contribution in [2.75, 3.05) is 6.54 Å². The summed E-state index contributed by atoms with van der Waals surface area (Å²) in [6.45, 7) is 0.579. The van der Waals surface area contributed by atoms with Crippen LogP contribution >= 0.6 is 0 Å². The number of carbonyl (C=O) groups is 2. The number of carbonyl (C=O) groups excluding carboxylic acids is 1. The van der Waals surface area contributed by atoms with Crippen molar-refractivity contribution >= 4 is 12.0 Å². The van der Waals surface area contributed by atoms with Gasteiger partial charge in [-0.25, -0.2) is 4.79 Å². The van der Waals surface area contributed by atoms with Crippen LogP contribution in [-0.2, 0) is 11.2 Å². The minimum absolute atomic E-state index is 0.0946. The third-order valence-electron chi connectivity index (χ3n) is 4.10. The number of nitriles is 1. The van der Waals surface area contributed by atoms with Gasteiger partial charge in [-0.15, -0.1) is 0 Å². The Hall–Kier alpha value is -2.55. The Bertz CT molecular complexity index is 582. The van der Waals surface area contributed by atoms with E-state index in [0.717, 1.165) is 12.0 Å². The molecule has 122 valence electrons. The quantitative estimate of drug-likeness (QED) is 0.841. The highest BCUT2D eigenvalue weighted by atomic mass is 16.4. The molecule has 1 aliphatic rings. The average molecular weight is 315 g/mol. The molecule has 1 aromatic rings. The molecule has 0 radical (unpaired) electrons. The van der Waals surface area contributed by atoms with E-state index in [-0.39, 0.29) is 18.4 Å². The number of nitrogens with zero attached hydrogens (tertiary/aromatic N) is 2. The van der Waals surface area contributed by atoms with Gasteiger partial charge < -0.3 is 15.3 Å². The molecule has 2 N–H and O–H groups in total. The zero-order valence-electron chi connectivity index (χ0n) is 12.9. The van der Waals surface area contributed by atoms with Crippen molar-refractivity contribution < 1.29 is 14.7 Å². The van der Waals surface area contributed by atoms with E-state index in [1.54, 1.807) is 4.90 Å². The first-order chi connectivity index (χ1) is 11.1. The van der Waals surface area contributed by atoms with Crippen molar-refractivity contribution in [3.8, 4) is 6.07 Å². The summed E-state index contributed by atoms with van der Waals surface area (Å²) < 4.78 is 0. The second-order valence-corrected chi connectivity index (χ2v) is 5.75. The Morgan fingerprint density at radius 2 is 2.13 bits per heavy atom. The lowest BCUT2D eigenvalue weighted by molar-refractivity contribution is -0.131. The van der Waals surface area contributed by atoms with Crippen LogP contribution in [0.3, 0.4) is 0 Å². The molecule has 6 nitrogen and oxygen atoms in total. The molecule has 0 unspecified atom stereocenters. The van der Waals surface area contributed by atoms with Gasteiger partial charge >= 0.3 is 6.09 Å². The molecular formula is C17H21N3O3. The van der Waals surface area contributed by atoms with Gasteiger partial charge in [0.1, 0.15) is 6.04 Å². The van der Waals surface area contributed by atoms with E-state index in [1.165, 1.54) is 0 Å². The summed E-state index contributed by atoms with van der Waals surface area (Å²) in [5.41, 5.74) is 1.10. The maximum absolute atomic E-state index is 12.4. The van der Waals surface area contributed by atoms with Gasteiger partial charge in [0.2, 0.25) is 5.91 Å². The lowest BCUT2D eigenvalue weighted by Gasteiger charge is -2.23. The van der Waals surface area contributed by atoms with E-state index in [1.807, 2.05) is 30.3 Å². The lowest BCUT2D eigenvalue weighted by atomic mass is 10.0. The maximum Gasteiger partial charge on any atom is 0.404 e. The highest BCUT2D eigenvalue weighted by Crippen LogP contribution is 2.19. The zero-order chi connectivity index (χ0) is 16.7. The molecule has 0 saturated carbocycles. The van der Waals surface area contributed by atoms with Crippen molar-refractivity contribution in [1.82, 2.24) is 10.2 Å². The summed E-state index contributed by atoms with van der Waals surface area (Å²) in [5.74, 6) is -0.152. The zero-order valence-corrected chi connectivity index (χ0v) is 12.9. The highest BCUT2D eigenvalue weighted by molar-refractivity contribution is 5.78. The van der Waals surface area contributed by atoms with Crippen LogP contribution in [0.5, 0.6) is 0 Å². The first kappa shape index (κ1) is 16.8. The van der Waals surface area contributed by atoms with Crippen molar-refractivity contribution in [2.24, 2.45) is 0 Å². The lowest BCUT2D eigenvalue weighted by Crippen LogP contribution is -2.42. The van der Waals surface area contributed by atoms with E-state index < -0.39 is 12.1 Å². The van der Waals surface area contributed by atoms with Crippen LogP contribution in [0.25, 0.3) is 0 Å². The molecule has 1 heterocycles. The number of hydrogen-bond donors (Lipinski definition) is 2. The van der Waals surface area contributed by atoms with Crippen molar-refractivity contribution in [3.63, 3.8) is 0 Å². The third kappa shape index (κ3) is 4.99. The minimum atomic E-state index is -1.13. The summed E-state index contributed by atoms with van der Waals surface area (Å²) in [7, 11) is 0. The van der Waals surface area contributed by atoms with Crippen molar-refractivity contribution in [1.29, 1.82) is 5.26 Å². The number of rotatable bonds is 6. The summed E-state index contributed by atoms with van der Waals surface area (Å²) >= 11 is 0. The van der Waals surface area contributed by atoms with Crippen LogP contribution in [-0.4, -0.2) is 40.6 Å². The Balaban J connectivity index is 1.94. The normalized spacial score (nSPS) is 18.2. The third-order valence-corrected chi connectivity index (χ3v) is 4.10. The highest BCUT2D eigenvalue weighted by Gasteiger charge is 2.30. The smallest absolute Gasteiger partial charge is 0.404 e. The van der Waals surface area contributed by atoms with Gasteiger partial charge in [0, 0.05) is 19.0 Å². The predicted octanol–water partition coefficient (Wildman–Crippen LogP) is 2.16. The number of likely N-dealkylation sites (tertiary alicyclic amines) is 1. The summed E-state index contributed by atoms with van der Waals surface area (Å²) in [6, 6.07) is 11.1. The van der Waals surface area contributed by atoms with Crippen LogP contribution < -0.4 is 5.32 Å². The topological polar surface area (TPSA) is 93.4 Å². The van der Waals surface area contributed by atoms with Crippen LogP contribution in [0.1, 0.15) is 31.2 Å². The fourth-order valence-electron chi connectivity index (χ4n) is 2.91. The van der Waals surface area contributed by atoms with E-state index in [2.05, 4.69) is 11.4 Å². The van der Waals surface area contributed by atoms with Crippen LogP contribution in [0, 0.1) is 11.3 Å². The van der Waals surface area contributed by atoms with Crippen LogP contribution in [0.15, 0.2) is 30.3 Å². The van der Waals surface area contributed by atoms with Crippen LogP contribution in [0.2, 0.25) is 0 Å². The molecule has 0 aliphatic carbocycles. The van der Waals surface area contributed by atoms with Gasteiger partial charge in [-0.2, -0.15) is 5.26 Å². The van der Waals surface area contributed by atoms with Gasteiger partial charge in [-0.1, -0.05) is 30.3 Å². The molecule has 0 bridgehead atoms. The van der Waals surface area contributed by atoms with Crippen LogP contribution in [0.4, 0.5) is 4.79 Å². The van der Waals surface area contributed by atoms with Gasteiger partial charge in [-0.3, -0.25) is 4.79 Å². The van der Waals surface area contributed by atoms with Crippen molar-refractivity contribution in [3.05, 3.63) is 35.9 Å². The Labute approximate surface area is 135 Å². The number of carboxylic acid groups (broad SMARTS) is 1. The van der Waals surface area contributed by atoms with Gasteiger partial charge in [0.25, 0.3) is 0 Å². The largest absolute Gasteiger partial charge is 0.465 e. The molecule has 1 aromatic carbocycles. The number of nitrogens with one attached hydrogen (secondary N) is 1. The monoisotopic (exact) mass is 315 g/mol. The fraction of sp³-hybridized carbons (Fsp3) is 0.471. The average Bonchev–Trinajstić information content (AvgIpc) is 3.02. The van der Waals surface area contributed by atoms with E-state index in [4.69, 9.17) is 10.4 Å². The van der Waals surface area contributed by atoms with Gasteiger partial charge in [0.15, 0.2) is 0 Å². The summed E-state index contributed by atoms with van der Waals surface area (Å²) in [6.07, 6.45) is 1.73. The molecular weight excluding hydrogens is 294 g/mol. The first-order valence-corrected chi connectivity index (χ1v) is 7.82. The first-order valence-electron chi connectivity index (χ1n) is 7.82. The van der Waals surface area contributed by atoms with Gasteiger partial charge in [-0.05, 0) is 31.2 Å². The molecule has 2 rings (SSSR count). The molecule has 2 atom stereocenters. The van der Waals surface area contributed by atoms with E-state index in [9.17, 15) is 9.59 Å². The number of amides is 2. The molecule has 1 fully saturated rings. The molecule has 1 aliphatic heterocycles. The maximum atomic E-state index is 12.4. The molecule has 6 heteroatoms. The van der Waals surface area contributed by atoms with Crippen molar-refractivity contribution in [2.45, 2.75) is 44.2 Å². The Morgan fingerprint density at radius 1 is 1.39 bits per heavy atom. The molecule has 1 saturated heterocycles. The Morgan fingerprint density at radius 3 is 2.78 bits per heavy atom. The van der Waals surface area contributed by atoms with E-state index >= 15 is 0 Å². The fourth-order valence-corrected chi connectivity index (χ4v) is 2.91. The summed E-state index contributed by atoms with van der Waals surface area (Å²) in [5, 5.41) is 20.5. The number of hydrogen-bond acceptors (Lipinski definition) is 3. The molecule has 23 heavy (non-hydrogen) atoms. The molecule has 2 amide bonds. The number of aryl methyl sites for hydroxylation is 1. The molecule has 0 aromatic heterocycles. The standard InChI is InChI=1S/C17H21N3O3/c18-12-15-7-4-10-20(15)16(21)11-14(19-17(22)23)9-8-13-5-2-1-3-6-13/h1-3,5-6,14-15,19H,4,7-11H2,(H,22,23)/t14-,15+/m1/s1. The van der Waals surface area contributed by atoms with E-state index in [0.29, 0.717) is 25.8 Å². The Kier molecular flexibility index (Phi) is 5.98. The van der Waals surface area contributed by atoms with Gasteiger partial charge in [0.05, 0.1) is 6.07 Å². The summed E-state index contributed by atoms with van der Waals surface area (Å²) in [4.78, 5) is 24.9. The second-order valence-electron chi connectivity index (χ2n) is 5.75. The minimum Gasteiger partial charge on any atom is -0.465 e. The predicted molar refractivity (Wildman–Crippen MR) is 84.7 cm³/mol. The molecule has 0 spiro atoms. The second kappa shape index (κ2) is 8.18. The SMILES string of the molecule is N#C[C@@H]1CCCN1C(=O)C[C@@H](CCc1ccccc1)NC(=O)O. The number of benzene rings is 1.